The number of hydrogen-bond acceptors (Lipinski definition) is 10. The molecule has 12 heteroatoms. The lowest BCUT2D eigenvalue weighted by molar-refractivity contribution is -0.114. The molecule has 11 nitrogen and oxygen atoms in total. The fraction of sp³-hybridized carbons (Fsp3) is 0.286. The lowest BCUT2D eigenvalue weighted by atomic mass is 10.1. The van der Waals surface area contributed by atoms with E-state index >= 15 is 0 Å². The van der Waals surface area contributed by atoms with Crippen LogP contribution in [0.3, 0.4) is 0 Å². The van der Waals surface area contributed by atoms with Crippen molar-refractivity contribution in [3.05, 3.63) is 36.8 Å². The third-order valence-electron chi connectivity index (χ3n) is 4.51. The Balaban J connectivity index is 1.77. The number of hydrogen-bond donors (Lipinski definition) is 2. The Bertz CT molecular complexity index is 1340. The average molecular weight is 471 g/mol. The Hall–Kier alpha value is -3.80. The molecule has 0 bridgehead atoms. The highest BCUT2D eigenvalue weighted by Gasteiger charge is 2.29. The van der Waals surface area contributed by atoms with Gasteiger partial charge in [-0.25, -0.2) is 23.4 Å². The van der Waals surface area contributed by atoms with Crippen molar-refractivity contribution in [1.82, 2.24) is 19.9 Å². The second-order valence-corrected chi connectivity index (χ2v) is 10.0. The third-order valence-corrected chi connectivity index (χ3v) is 5.47. The summed E-state index contributed by atoms with van der Waals surface area (Å²) in [5.74, 6) is 1.07. The van der Waals surface area contributed by atoms with Gasteiger partial charge in [-0.1, -0.05) is 0 Å². The van der Waals surface area contributed by atoms with Crippen LogP contribution in [0.1, 0.15) is 20.8 Å². The molecule has 3 aromatic rings. The van der Waals surface area contributed by atoms with E-state index in [0.717, 1.165) is 6.26 Å². The largest absolute Gasteiger partial charge is 0.484 e. The van der Waals surface area contributed by atoms with Gasteiger partial charge in [-0.3, -0.25) is 9.78 Å². The Morgan fingerprint density at radius 3 is 2.64 bits per heavy atom. The first-order chi connectivity index (χ1) is 15.5. The zero-order valence-corrected chi connectivity index (χ0v) is 19.2. The van der Waals surface area contributed by atoms with Gasteiger partial charge in [0.2, 0.25) is 5.91 Å². The number of carbonyl (C=O) groups excluding carboxylic acids is 1. The van der Waals surface area contributed by atoms with E-state index < -0.39 is 15.4 Å². The smallest absolute Gasteiger partial charge is 0.258 e. The lowest BCUT2D eigenvalue weighted by Crippen LogP contribution is -2.39. The number of nitrogens with one attached hydrogen (secondary N) is 2. The van der Waals surface area contributed by atoms with Crippen molar-refractivity contribution in [3.8, 4) is 22.9 Å². The number of carbonyl (C=O) groups is 1. The van der Waals surface area contributed by atoms with Gasteiger partial charge in [0.1, 0.15) is 23.8 Å². The minimum atomic E-state index is -3.55. The topological polar surface area (TPSA) is 145 Å². The van der Waals surface area contributed by atoms with Crippen LogP contribution in [0.25, 0.3) is 11.3 Å². The van der Waals surface area contributed by atoms with Crippen LogP contribution in [0.4, 0.5) is 17.3 Å². The van der Waals surface area contributed by atoms with Crippen LogP contribution in [0.15, 0.2) is 41.8 Å². The van der Waals surface area contributed by atoms with E-state index in [1.807, 2.05) is 13.8 Å². The maximum Gasteiger partial charge on any atom is 0.258 e. The quantitative estimate of drug-likeness (QED) is 0.570. The molecule has 3 aromatic heterocycles. The van der Waals surface area contributed by atoms with Crippen molar-refractivity contribution in [1.29, 1.82) is 0 Å². The van der Waals surface area contributed by atoms with Crippen molar-refractivity contribution in [2.75, 3.05) is 23.5 Å². The van der Waals surface area contributed by atoms with Crippen molar-refractivity contribution in [2.45, 2.75) is 31.4 Å². The predicted octanol–water partition coefficient (Wildman–Crippen LogP) is 2.59. The molecule has 2 N–H and O–H groups in total. The summed E-state index contributed by atoms with van der Waals surface area (Å²) in [5.41, 5.74) is 1.02. The van der Waals surface area contributed by atoms with E-state index in [0.29, 0.717) is 41.0 Å². The Labute approximate surface area is 190 Å². The van der Waals surface area contributed by atoms with Gasteiger partial charge in [-0.05, 0) is 26.0 Å². The molecular formula is C21H22N6O5S. The number of amides is 1. The van der Waals surface area contributed by atoms with E-state index in [4.69, 9.17) is 9.47 Å². The SMILES string of the molecule is CC(=O)Nc1cc(Nc2cncc(S(C)(=O)=O)n2)c(-c2ccc3c(n2)OC(C)(C)CO3)cn1. The number of aromatic nitrogens is 4. The second kappa shape index (κ2) is 8.28. The Morgan fingerprint density at radius 2 is 1.91 bits per heavy atom. The molecule has 0 aliphatic carbocycles. The zero-order chi connectivity index (χ0) is 23.8. The molecular weight excluding hydrogens is 448 g/mol. The van der Waals surface area contributed by atoms with E-state index in [2.05, 4.69) is 30.6 Å². The van der Waals surface area contributed by atoms with Crippen molar-refractivity contribution >= 4 is 33.1 Å². The molecule has 4 rings (SSSR count). The van der Waals surface area contributed by atoms with Crippen LogP contribution in [0, 0.1) is 0 Å². The molecule has 172 valence electrons. The zero-order valence-electron chi connectivity index (χ0n) is 18.4. The molecule has 0 unspecified atom stereocenters. The van der Waals surface area contributed by atoms with Gasteiger partial charge < -0.3 is 20.1 Å². The van der Waals surface area contributed by atoms with E-state index in [1.165, 1.54) is 25.5 Å². The summed E-state index contributed by atoms with van der Waals surface area (Å²) in [7, 11) is -3.55. The fourth-order valence-corrected chi connectivity index (χ4v) is 3.56. The van der Waals surface area contributed by atoms with Crippen LogP contribution in [0.5, 0.6) is 11.6 Å². The Morgan fingerprint density at radius 1 is 1.12 bits per heavy atom. The van der Waals surface area contributed by atoms with Crippen molar-refractivity contribution in [3.63, 3.8) is 0 Å². The number of pyridine rings is 2. The van der Waals surface area contributed by atoms with Crippen molar-refractivity contribution in [2.24, 2.45) is 0 Å². The first-order valence-electron chi connectivity index (χ1n) is 9.90. The second-order valence-electron chi connectivity index (χ2n) is 8.09. The summed E-state index contributed by atoms with van der Waals surface area (Å²) in [6.07, 6.45) is 5.14. The molecule has 0 fully saturated rings. The fourth-order valence-electron chi connectivity index (χ4n) is 3.04. The lowest BCUT2D eigenvalue weighted by Gasteiger charge is -2.31. The predicted molar refractivity (Wildman–Crippen MR) is 120 cm³/mol. The van der Waals surface area contributed by atoms with Crippen LogP contribution in [-0.2, 0) is 14.6 Å². The van der Waals surface area contributed by atoms with Gasteiger partial charge in [0.15, 0.2) is 20.6 Å². The van der Waals surface area contributed by atoms with E-state index in [9.17, 15) is 13.2 Å². The van der Waals surface area contributed by atoms with Crippen LogP contribution >= 0.6 is 0 Å². The molecule has 0 saturated carbocycles. The molecule has 4 heterocycles. The molecule has 1 amide bonds. The first kappa shape index (κ1) is 22.4. The summed E-state index contributed by atoms with van der Waals surface area (Å²) < 4.78 is 35.4. The van der Waals surface area contributed by atoms with Crippen LogP contribution < -0.4 is 20.1 Å². The number of nitrogens with zero attached hydrogens (tertiary/aromatic N) is 4. The van der Waals surface area contributed by atoms with Crippen LogP contribution in [-0.4, -0.2) is 52.7 Å². The molecule has 1 aliphatic heterocycles. The van der Waals surface area contributed by atoms with Gasteiger partial charge in [-0.2, -0.15) is 0 Å². The number of sulfone groups is 1. The van der Waals surface area contributed by atoms with E-state index in [-0.39, 0.29) is 16.8 Å². The number of anilines is 3. The molecule has 0 saturated heterocycles. The highest BCUT2D eigenvalue weighted by atomic mass is 32.2. The minimum absolute atomic E-state index is 0.176. The van der Waals surface area contributed by atoms with Crippen LogP contribution in [0.2, 0.25) is 0 Å². The van der Waals surface area contributed by atoms with Gasteiger partial charge in [0, 0.05) is 31.0 Å². The number of rotatable bonds is 5. The van der Waals surface area contributed by atoms with Gasteiger partial charge in [0.25, 0.3) is 5.88 Å². The van der Waals surface area contributed by atoms with Gasteiger partial charge in [0.05, 0.1) is 23.8 Å². The van der Waals surface area contributed by atoms with Gasteiger partial charge in [-0.15, -0.1) is 0 Å². The van der Waals surface area contributed by atoms with Crippen molar-refractivity contribution < 1.29 is 22.7 Å². The summed E-state index contributed by atoms with van der Waals surface area (Å²) >= 11 is 0. The summed E-state index contributed by atoms with van der Waals surface area (Å²) in [4.78, 5) is 28.4. The minimum Gasteiger partial charge on any atom is -0.484 e. The summed E-state index contributed by atoms with van der Waals surface area (Å²) in [5, 5.41) is 5.49. The molecule has 0 aromatic carbocycles. The normalized spacial score (nSPS) is 14.4. The molecule has 0 spiro atoms. The average Bonchev–Trinajstić information content (AvgIpc) is 2.72. The molecule has 1 aliphatic rings. The third kappa shape index (κ3) is 5.17. The molecule has 0 radical (unpaired) electrons. The van der Waals surface area contributed by atoms with Gasteiger partial charge >= 0.3 is 0 Å². The monoisotopic (exact) mass is 470 g/mol. The Kier molecular flexibility index (Phi) is 5.62. The standard InChI is InChI=1S/C21H22N6O5S/c1-12(28)24-17-7-15(25-18-9-22-10-19(27-18)33(4,29)30)13(8-23-17)14-5-6-16-20(26-14)32-21(2,3)11-31-16/h5-10H,11H2,1-4H3,(H2,23,24,25,27,28). The highest BCUT2D eigenvalue weighted by molar-refractivity contribution is 7.90. The molecule has 33 heavy (non-hydrogen) atoms. The maximum atomic E-state index is 11.9. The first-order valence-corrected chi connectivity index (χ1v) is 11.8. The highest BCUT2D eigenvalue weighted by Crippen LogP contribution is 2.37. The maximum absolute atomic E-state index is 11.9. The number of ether oxygens (including phenoxy) is 2. The summed E-state index contributed by atoms with van der Waals surface area (Å²) in [6.45, 7) is 5.56. The summed E-state index contributed by atoms with van der Waals surface area (Å²) in [6, 6.07) is 5.09. The molecule has 0 atom stereocenters. The number of fused-ring (bicyclic) bond motifs is 1. The van der Waals surface area contributed by atoms with E-state index in [1.54, 1.807) is 18.2 Å².